The second-order valence-electron chi connectivity index (χ2n) is 5.88. The summed E-state index contributed by atoms with van der Waals surface area (Å²) in [6.07, 6.45) is 4.11. The van der Waals surface area contributed by atoms with Crippen LogP contribution in [-0.4, -0.2) is 25.5 Å². The molecule has 3 rings (SSSR count). The molecule has 1 fully saturated rings. The second kappa shape index (κ2) is 9.45. The van der Waals surface area contributed by atoms with E-state index in [0.717, 1.165) is 29.7 Å². The predicted octanol–water partition coefficient (Wildman–Crippen LogP) is 3.22. The van der Waals surface area contributed by atoms with Crippen LogP contribution in [0.5, 0.6) is 0 Å². The summed E-state index contributed by atoms with van der Waals surface area (Å²) in [5.41, 5.74) is 1.84. The van der Waals surface area contributed by atoms with E-state index >= 15 is 0 Å². The third-order valence-electron chi connectivity index (χ3n) is 3.90. The molecule has 0 bridgehead atoms. The Morgan fingerprint density at radius 2 is 1.96 bits per heavy atom. The van der Waals surface area contributed by atoms with Gasteiger partial charge in [0.1, 0.15) is 0 Å². The Morgan fingerprint density at radius 3 is 2.56 bits per heavy atom. The van der Waals surface area contributed by atoms with Gasteiger partial charge in [-0.1, -0.05) is 12.1 Å². The lowest BCUT2D eigenvalue weighted by Gasteiger charge is -2.12. The van der Waals surface area contributed by atoms with Gasteiger partial charge in [-0.25, -0.2) is 0 Å². The molecule has 7 heteroatoms. The monoisotopic (exact) mass is 454 g/mol. The third kappa shape index (κ3) is 6.08. The minimum Gasteiger partial charge on any atom is -0.459 e. The molecule has 0 radical (unpaired) electrons. The van der Waals surface area contributed by atoms with Gasteiger partial charge < -0.3 is 20.4 Å². The van der Waals surface area contributed by atoms with E-state index in [4.69, 9.17) is 4.42 Å². The molecule has 1 aliphatic carbocycles. The van der Waals surface area contributed by atoms with Crippen LogP contribution in [0.25, 0.3) is 0 Å². The lowest BCUT2D eigenvalue weighted by molar-refractivity contribution is 0.0996. The fourth-order valence-corrected chi connectivity index (χ4v) is 2.28. The van der Waals surface area contributed by atoms with Crippen LogP contribution in [0.15, 0.2) is 52.1 Å². The molecule has 0 aliphatic heterocycles. The van der Waals surface area contributed by atoms with Crippen LogP contribution in [0.4, 0.5) is 5.69 Å². The Hall–Kier alpha value is -2.03. The molecule has 0 atom stereocenters. The summed E-state index contributed by atoms with van der Waals surface area (Å²) in [5.74, 6) is 1.67. The third-order valence-corrected chi connectivity index (χ3v) is 3.90. The molecule has 2 aromatic rings. The molecule has 1 aromatic carbocycles. The summed E-state index contributed by atoms with van der Waals surface area (Å²) >= 11 is 0. The number of carbonyl (C=O) groups is 1. The molecule has 1 saturated carbocycles. The van der Waals surface area contributed by atoms with Gasteiger partial charge in [0.15, 0.2) is 11.7 Å². The highest BCUT2D eigenvalue weighted by atomic mass is 127. The van der Waals surface area contributed by atoms with E-state index < -0.39 is 0 Å². The molecule has 3 N–H and O–H groups in total. The molecule has 25 heavy (non-hydrogen) atoms. The lowest BCUT2D eigenvalue weighted by Crippen LogP contribution is -2.37. The van der Waals surface area contributed by atoms with Crippen LogP contribution < -0.4 is 16.0 Å². The van der Waals surface area contributed by atoms with E-state index in [2.05, 4.69) is 20.9 Å². The molecule has 0 spiro atoms. The number of benzene rings is 1. The number of halogens is 1. The van der Waals surface area contributed by atoms with Crippen molar-refractivity contribution < 1.29 is 9.21 Å². The largest absolute Gasteiger partial charge is 0.459 e. The number of aliphatic imine (C=N–C) groups is 1. The van der Waals surface area contributed by atoms with E-state index in [1.165, 1.54) is 19.1 Å². The number of rotatable bonds is 6. The first-order valence-electron chi connectivity index (χ1n) is 8.13. The minimum absolute atomic E-state index is 0. The number of nitrogens with one attached hydrogen (secondary N) is 3. The predicted molar refractivity (Wildman–Crippen MR) is 109 cm³/mol. The van der Waals surface area contributed by atoms with E-state index in [1.807, 2.05) is 24.3 Å². The summed E-state index contributed by atoms with van der Waals surface area (Å²) in [7, 11) is 1.77. The van der Waals surface area contributed by atoms with Crippen LogP contribution in [-0.2, 0) is 6.54 Å². The number of nitrogens with zero attached hydrogens (tertiary/aromatic N) is 1. The van der Waals surface area contributed by atoms with Crippen molar-refractivity contribution in [2.75, 3.05) is 18.9 Å². The first kappa shape index (κ1) is 19.3. The molecular formula is C18H23IN4O2. The van der Waals surface area contributed by atoms with Gasteiger partial charge in [-0.3, -0.25) is 9.79 Å². The SMILES string of the molecule is CN=C(NCc1ccc(NC(=O)c2ccco2)cc1)NCC1CC1.I. The minimum atomic E-state index is -0.254. The van der Waals surface area contributed by atoms with Crippen LogP contribution in [0.2, 0.25) is 0 Å². The summed E-state index contributed by atoms with van der Waals surface area (Å²) < 4.78 is 5.07. The molecule has 0 saturated heterocycles. The fourth-order valence-electron chi connectivity index (χ4n) is 2.28. The van der Waals surface area contributed by atoms with Crippen LogP contribution in [0.1, 0.15) is 29.0 Å². The van der Waals surface area contributed by atoms with Crippen molar-refractivity contribution in [3.63, 3.8) is 0 Å². The second-order valence-corrected chi connectivity index (χ2v) is 5.88. The van der Waals surface area contributed by atoms with Crippen molar-refractivity contribution in [1.82, 2.24) is 10.6 Å². The standard InChI is InChI=1S/C18H22N4O2.HI/c1-19-18(20-11-13-4-5-13)21-12-14-6-8-15(9-7-14)22-17(23)16-3-2-10-24-16;/h2-3,6-10,13H,4-5,11-12H2,1H3,(H,22,23)(H2,19,20,21);1H. The smallest absolute Gasteiger partial charge is 0.291 e. The summed E-state index contributed by atoms with van der Waals surface area (Å²) in [6.45, 7) is 1.66. The highest BCUT2D eigenvalue weighted by Gasteiger charge is 2.20. The first-order chi connectivity index (χ1) is 11.7. The zero-order valence-electron chi connectivity index (χ0n) is 14.1. The number of amides is 1. The van der Waals surface area contributed by atoms with Crippen molar-refractivity contribution in [3.05, 3.63) is 54.0 Å². The van der Waals surface area contributed by atoms with Gasteiger partial charge in [-0.2, -0.15) is 0 Å². The van der Waals surface area contributed by atoms with E-state index in [0.29, 0.717) is 12.3 Å². The quantitative estimate of drug-likeness (QED) is 0.356. The molecule has 6 nitrogen and oxygen atoms in total. The first-order valence-corrected chi connectivity index (χ1v) is 8.13. The number of hydrogen-bond acceptors (Lipinski definition) is 3. The maximum Gasteiger partial charge on any atom is 0.291 e. The zero-order valence-corrected chi connectivity index (χ0v) is 16.4. The maximum atomic E-state index is 11.9. The molecule has 0 unspecified atom stereocenters. The Kier molecular flexibility index (Phi) is 7.30. The summed E-state index contributed by atoms with van der Waals surface area (Å²) in [6, 6.07) is 11.0. The topological polar surface area (TPSA) is 78.7 Å². The number of hydrogen-bond donors (Lipinski definition) is 3. The molecular weight excluding hydrogens is 431 g/mol. The van der Waals surface area contributed by atoms with Crippen LogP contribution >= 0.6 is 24.0 Å². The summed E-state index contributed by atoms with van der Waals surface area (Å²) in [4.78, 5) is 16.1. The average molecular weight is 454 g/mol. The van der Waals surface area contributed by atoms with Crippen LogP contribution in [0, 0.1) is 5.92 Å². The highest BCUT2D eigenvalue weighted by Crippen LogP contribution is 2.27. The molecule has 1 aromatic heterocycles. The number of guanidine groups is 1. The summed E-state index contributed by atoms with van der Waals surface area (Å²) in [5, 5.41) is 9.41. The van der Waals surface area contributed by atoms with Gasteiger partial charge in [0, 0.05) is 25.8 Å². The van der Waals surface area contributed by atoms with Crippen LogP contribution in [0.3, 0.4) is 0 Å². The highest BCUT2D eigenvalue weighted by molar-refractivity contribution is 14.0. The van der Waals surface area contributed by atoms with Crippen molar-refractivity contribution in [1.29, 1.82) is 0 Å². The Labute approximate surface area is 164 Å². The molecule has 1 heterocycles. The number of furan rings is 1. The van der Waals surface area contributed by atoms with E-state index in [-0.39, 0.29) is 29.9 Å². The van der Waals surface area contributed by atoms with Crippen molar-refractivity contribution >= 4 is 41.5 Å². The molecule has 134 valence electrons. The zero-order chi connectivity index (χ0) is 16.8. The Morgan fingerprint density at radius 1 is 1.20 bits per heavy atom. The van der Waals surface area contributed by atoms with E-state index in [1.54, 1.807) is 19.2 Å². The maximum absolute atomic E-state index is 11.9. The van der Waals surface area contributed by atoms with E-state index in [9.17, 15) is 4.79 Å². The fraction of sp³-hybridized carbons (Fsp3) is 0.333. The van der Waals surface area contributed by atoms with Gasteiger partial charge in [-0.15, -0.1) is 24.0 Å². The average Bonchev–Trinajstić information content (AvgIpc) is 3.26. The normalized spacial score (nSPS) is 13.7. The van der Waals surface area contributed by atoms with Gasteiger partial charge in [0.2, 0.25) is 0 Å². The Bertz CT molecular complexity index is 694. The molecule has 1 amide bonds. The molecule has 1 aliphatic rings. The Balaban J connectivity index is 0.00000225. The van der Waals surface area contributed by atoms with Gasteiger partial charge >= 0.3 is 0 Å². The van der Waals surface area contributed by atoms with Gasteiger partial charge in [0.05, 0.1) is 6.26 Å². The number of carbonyl (C=O) groups excluding carboxylic acids is 1. The number of anilines is 1. The van der Waals surface area contributed by atoms with Gasteiger partial charge in [0.25, 0.3) is 5.91 Å². The van der Waals surface area contributed by atoms with Crippen molar-refractivity contribution in [2.24, 2.45) is 10.9 Å². The lowest BCUT2D eigenvalue weighted by atomic mass is 10.2. The van der Waals surface area contributed by atoms with Crippen molar-refractivity contribution in [3.8, 4) is 0 Å². The van der Waals surface area contributed by atoms with Crippen molar-refractivity contribution in [2.45, 2.75) is 19.4 Å². The van der Waals surface area contributed by atoms with Gasteiger partial charge in [-0.05, 0) is 48.6 Å².